The van der Waals surface area contributed by atoms with Gasteiger partial charge in [0.05, 0.1) is 18.0 Å². The lowest BCUT2D eigenvalue weighted by Crippen LogP contribution is -2.16. The number of rotatable bonds is 5. The van der Waals surface area contributed by atoms with Crippen LogP contribution < -0.4 is 9.47 Å². The molecule has 0 spiro atoms. The Kier molecular flexibility index (Phi) is 4.84. The maximum atomic E-state index is 12.4. The highest BCUT2D eigenvalue weighted by Crippen LogP contribution is 2.26. The van der Waals surface area contributed by atoms with Gasteiger partial charge in [-0.3, -0.25) is 14.9 Å². The zero-order valence-electron chi connectivity index (χ0n) is 14.3. The van der Waals surface area contributed by atoms with Crippen molar-refractivity contribution in [3.63, 3.8) is 0 Å². The molecule has 6 heteroatoms. The summed E-state index contributed by atoms with van der Waals surface area (Å²) in [6, 6.07) is 16.9. The average Bonchev–Trinajstić information content (AvgIpc) is 2.66. The normalized spacial score (nSPS) is 11.8. The Bertz CT molecular complexity index is 966. The van der Waals surface area contributed by atoms with E-state index in [-0.39, 0.29) is 11.4 Å². The monoisotopic (exact) mass is 351 g/mol. The van der Waals surface area contributed by atoms with Gasteiger partial charge in [-0.1, -0.05) is 24.3 Å². The van der Waals surface area contributed by atoms with E-state index in [1.54, 1.807) is 14.0 Å². The molecule has 0 amide bonds. The highest BCUT2D eigenvalue weighted by Gasteiger charge is 2.18. The molecule has 0 radical (unpaired) electrons. The number of carbonyl (C=O) groups is 1. The van der Waals surface area contributed by atoms with Crippen molar-refractivity contribution in [1.29, 1.82) is 0 Å². The number of nitro groups is 1. The van der Waals surface area contributed by atoms with Crippen molar-refractivity contribution in [3.8, 4) is 11.5 Å². The van der Waals surface area contributed by atoms with E-state index < -0.39 is 16.8 Å². The first-order valence-corrected chi connectivity index (χ1v) is 8.02. The Morgan fingerprint density at radius 1 is 0.962 bits per heavy atom. The molecule has 1 unspecified atom stereocenters. The molecule has 3 aromatic carbocycles. The van der Waals surface area contributed by atoms with Gasteiger partial charge < -0.3 is 9.47 Å². The number of ether oxygens (including phenoxy) is 2. The largest absolute Gasteiger partial charge is 0.497 e. The number of nitrogens with zero attached hydrogens (tertiary/aromatic N) is 1. The van der Waals surface area contributed by atoms with Crippen LogP contribution in [0.1, 0.15) is 18.4 Å². The molecule has 1 atom stereocenters. The van der Waals surface area contributed by atoms with Crippen LogP contribution in [0, 0.1) is 10.1 Å². The summed E-state index contributed by atoms with van der Waals surface area (Å²) in [5, 5.41) is 12.7. The standard InChI is InChI=1S/C20H17NO5/c1-13(20(22)26-18-9-6-17(7-10-18)21(23)24)14-3-4-16-12-19(25-2)8-5-15(16)11-14/h3-13H,1-2H3. The van der Waals surface area contributed by atoms with Crippen molar-refractivity contribution in [1.82, 2.24) is 0 Å². The fourth-order valence-corrected chi connectivity index (χ4v) is 2.62. The second-order valence-corrected chi connectivity index (χ2v) is 5.87. The minimum Gasteiger partial charge on any atom is -0.497 e. The minimum atomic E-state index is -0.502. The molecular weight excluding hydrogens is 334 g/mol. The van der Waals surface area contributed by atoms with Crippen LogP contribution in [0.25, 0.3) is 10.8 Å². The minimum absolute atomic E-state index is 0.0530. The third kappa shape index (κ3) is 3.64. The van der Waals surface area contributed by atoms with Crippen molar-refractivity contribution < 1.29 is 19.2 Å². The predicted octanol–water partition coefficient (Wildman–Crippen LogP) is 4.47. The molecule has 0 fully saturated rings. The van der Waals surface area contributed by atoms with Crippen molar-refractivity contribution in [3.05, 3.63) is 76.3 Å². The second kappa shape index (κ2) is 7.23. The topological polar surface area (TPSA) is 78.7 Å². The van der Waals surface area contributed by atoms with Crippen LogP contribution in [0.15, 0.2) is 60.7 Å². The lowest BCUT2D eigenvalue weighted by atomic mass is 9.98. The van der Waals surface area contributed by atoms with Crippen LogP contribution in [-0.4, -0.2) is 18.0 Å². The molecule has 0 bridgehead atoms. The lowest BCUT2D eigenvalue weighted by Gasteiger charge is -2.13. The first-order chi connectivity index (χ1) is 12.5. The maximum Gasteiger partial charge on any atom is 0.318 e. The van der Waals surface area contributed by atoms with Gasteiger partial charge in [-0.2, -0.15) is 0 Å². The number of benzene rings is 3. The van der Waals surface area contributed by atoms with Crippen LogP contribution in [0.3, 0.4) is 0 Å². The molecule has 132 valence electrons. The summed E-state index contributed by atoms with van der Waals surface area (Å²) in [6.07, 6.45) is 0. The first kappa shape index (κ1) is 17.4. The molecule has 6 nitrogen and oxygen atoms in total. The van der Waals surface area contributed by atoms with Gasteiger partial charge in [0.15, 0.2) is 0 Å². The van der Waals surface area contributed by atoms with E-state index >= 15 is 0 Å². The van der Waals surface area contributed by atoms with Crippen molar-refractivity contribution in [2.24, 2.45) is 0 Å². The van der Waals surface area contributed by atoms with Gasteiger partial charge in [0.25, 0.3) is 5.69 Å². The zero-order chi connectivity index (χ0) is 18.7. The Morgan fingerprint density at radius 3 is 2.23 bits per heavy atom. The third-order valence-corrected chi connectivity index (χ3v) is 4.19. The Labute approximate surface area is 150 Å². The number of methoxy groups -OCH3 is 1. The molecule has 0 saturated carbocycles. The van der Waals surface area contributed by atoms with E-state index in [4.69, 9.17) is 9.47 Å². The summed E-state index contributed by atoms with van der Waals surface area (Å²) in [5.41, 5.74) is 0.775. The van der Waals surface area contributed by atoms with Gasteiger partial charge in [-0.05, 0) is 47.5 Å². The Balaban J connectivity index is 1.77. The van der Waals surface area contributed by atoms with Crippen LogP contribution in [0.2, 0.25) is 0 Å². The smallest absolute Gasteiger partial charge is 0.318 e. The van der Waals surface area contributed by atoms with Gasteiger partial charge in [0, 0.05) is 12.1 Å². The quantitative estimate of drug-likeness (QED) is 0.293. The van der Waals surface area contributed by atoms with E-state index in [1.807, 2.05) is 36.4 Å². The molecular formula is C20H17NO5. The van der Waals surface area contributed by atoms with Crippen molar-refractivity contribution in [2.75, 3.05) is 7.11 Å². The van der Waals surface area contributed by atoms with E-state index in [1.165, 1.54) is 24.3 Å². The van der Waals surface area contributed by atoms with Crippen LogP contribution in [0.5, 0.6) is 11.5 Å². The van der Waals surface area contributed by atoms with Crippen LogP contribution in [-0.2, 0) is 4.79 Å². The molecule has 0 aromatic heterocycles. The molecule has 0 aliphatic carbocycles. The SMILES string of the molecule is COc1ccc2cc(C(C)C(=O)Oc3ccc([N+](=O)[O-])cc3)ccc2c1. The number of carbonyl (C=O) groups excluding carboxylic acids is 1. The molecule has 0 aliphatic rings. The molecule has 26 heavy (non-hydrogen) atoms. The number of esters is 1. The number of nitro benzene ring substituents is 1. The summed E-state index contributed by atoms with van der Waals surface area (Å²) in [4.78, 5) is 22.6. The second-order valence-electron chi connectivity index (χ2n) is 5.87. The van der Waals surface area contributed by atoms with Gasteiger partial charge >= 0.3 is 5.97 Å². The summed E-state index contributed by atoms with van der Waals surface area (Å²) in [7, 11) is 1.62. The van der Waals surface area contributed by atoms with Crippen LogP contribution >= 0.6 is 0 Å². The highest BCUT2D eigenvalue weighted by molar-refractivity contribution is 5.87. The maximum absolute atomic E-state index is 12.4. The van der Waals surface area contributed by atoms with Crippen LogP contribution in [0.4, 0.5) is 5.69 Å². The third-order valence-electron chi connectivity index (χ3n) is 4.19. The number of non-ortho nitro benzene ring substituents is 1. The van der Waals surface area contributed by atoms with Crippen molar-refractivity contribution in [2.45, 2.75) is 12.8 Å². The summed E-state index contributed by atoms with van der Waals surface area (Å²) < 4.78 is 10.5. The highest BCUT2D eigenvalue weighted by atomic mass is 16.6. The average molecular weight is 351 g/mol. The van der Waals surface area contributed by atoms with E-state index in [9.17, 15) is 14.9 Å². The van der Waals surface area contributed by atoms with Crippen molar-refractivity contribution >= 4 is 22.4 Å². The Hall–Kier alpha value is -3.41. The molecule has 0 saturated heterocycles. The predicted molar refractivity (Wildman–Crippen MR) is 97.6 cm³/mol. The van der Waals surface area contributed by atoms with E-state index in [2.05, 4.69) is 0 Å². The molecule has 3 rings (SSSR count). The number of hydrogen-bond donors (Lipinski definition) is 0. The first-order valence-electron chi connectivity index (χ1n) is 8.02. The Morgan fingerprint density at radius 2 is 1.58 bits per heavy atom. The van der Waals surface area contributed by atoms with E-state index in [0.29, 0.717) is 0 Å². The fraction of sp³-hybridized carbons (Fsp3) is 0.150. The van der Waals surface area contributed by atoms with E-state index in [0.717, 1.165) is 22.1 Å². The zero-order valence-corrected chi connectivity index (χ0v) is 14.3. The number of fused-ring (bicyclic) bond motifs is 1. The summed E-state index contributed by atoms with van der Waals surface area (Å²) in [6.45, 7) is 1.76. The molecule has 0 N–H and O–H groups in total. The molecule has 0 aliphatic heterocycles. The van der Waals surface area contributed by atoms with Gasteiger partial charge in [0.1, 0.15) is 11.5 Å². The lowest BCUT2D eigenvalue weighted by molar-refractivity contribution is -0.384. The van der Waals surface area contributed by atoms with Gasteiger partial charge in [-0.25, -0.2) is 0 Å². The van der Waals surface area contributed by atoms with Gasteiger partial charge in [-0.15, -0.1) is 0 Å². The molecule has 3 aromatic rings. The van der Waals surface area contributed by atoms with Gasteiger partial charge in [0.2, 0.25) is 0 Å². The number of hydrogen-bond acceptors (Lipinski definition) is 5. The molecule has 0 heterocycles. The summed E-state index contributed by atoms with van der Waals surface area (Å²) in [5.74, 6) is 0.150. The fourth-order valence-electron chi connectivity index (χ4n) is 2.62. The summed E-state index contributed by atoms with van der Waals surface area (Å²) >= 11 is 0.